The number of hydrogen-bond acceptors (Lipinski definition) is 0. The molecule has 1 fully saturated rings. The molecule has 1 aliphatic carbocycles. The van der Waals surface area contributed by atoms with Gasteiger partial charge in [0.15, 0.2) is 0 Å². The highest BCUT2D eigenvalue weighted by Gasteiger charge is 2.15. The van der Waals surface area contributed by atoms with E-state index in [0.29, 0.717) is 0 Å². The molecule has 0 aromatic rings. The van der Waals surface area contributed by atoms with Crippen molar-refractivity contribution in [3.8, 4) is 0 Å². The van der Waals surface area contributed by atoms with Crippen LogP contribution in [-0.2, 0) is 0 Å². The van der Waals surface area contributed by atoms with Crippen LogP contribution in [0.4, 0.5) is 0 Å². The van der Waals surface area contributed by atoms with Gasteiger partial charge in [-0.25, -0.2) is 0 Å². The van der Waals surface area contributed by atoms with Gasteiger partial charge >= 0.3 is 0 Å². The molecule has 0 spiro atoms. The molecule has 2 atom stereocenters. The SMILES string of the molecule is [B]CCCCC1CCCC(C)CC1. The highest BCUT2D eigenvalue weighted by Crippen LogP contribution is 2.29. The first-order chi connectivity index (χ1) is 6.33. The van der Waals surface area contributed by atoms with E-state index in [1.807, 2.05) is 0 Å². The summed E-state index contributed by atoms with van der Waals surface area (Å²) in [5, 5.41) is 0. The lowest BCUT2D eigenvalue weighted by molar-refractivity contribution is 0.406. The summed E-state index contributed by atoms with van der Waals surface area (Å²) in [5.74, 6) is 2.01. The Morgan fingerprint density at radius 3 is 2.69 bits per heavy atom. The molecule has 13 heavy (non-hydrogen) atoms. The number of hydrogen-bond donors (Lipinski definition) is 0. The maximum Gasteiger partial charge on any atom is 0.0653 e. The van der Waals surface area contributed by atoms with Crippen molar-refractivity contribution in [2.24, 2.45) is 11.8 Å². The third kappa shape index (κ3) is 4.74. The Morgan fingerprint density at radius 1 is 1.08 bits per heavy atom. The summed E-state index contributed by atoms with van der Waals surface area (Å²) in [6.45, 7) is 2.41. The smallest absolute Gasteiger partial charge is 0.0653 e. The van der Waals surface area contributed by atoms with E-state index in [0.717, 1.165) is 18.2 Å². The average Bonchev–Trinajstić information content (AvgIpc) is 2.32. The van der Waals surface area contributed by atoms with E-state index < -0.39 is 0 Å². The number of rotatable bonds is 4. The first kappa shape index (κ1) is 11.1. The predicted octanol–water partition coefficient (Wildman–Crippen LogP) is 3.96. The van der Waals surface area contributed by atoms with Crippen LogP contribution in [0.25, 0.3) is 0 Å². The Morgan fingerprint density at radius 2 is 1.92 bits per heavy atom. The summed E-state index contributed by atoms with van der Waals surface area (Å²) in [7, 11) is 5.50. The highest BCUT2D eigenvalue weighted by molar-refractivity contribution is 6.08. The Balaban J connectivity index is 2.11. The molecule has 0 aromatic carbocycles. The summed E-state index contributed by atoms with van der Waals surface area (Å²) in [6, 6.07) is 0. The highest BCUT2D eigenvalue weighted by atomic mass is 14.2. The van der Waals surface area contributed by atoms with E-state index in [9.17, 15) is 0 Å². The van der Waals surface area contributed by atoms with Gasteiger partial charge < -0.3 is 0 Å². The zero-order valence-corrected chi connectivity index (χ0v) is 9.10. The lowest BCUT2D eigenvalue weighted by atomic mass is 9.91. The van der Waals surface area contributed by atoms with Crippen LogP contribution >= 0.6 is 0 Å². The predicted molar refractivity (Wildman–Crippen MR) is 60.2 cm³/mol. The minimum atomic E-state index is 0.878. The van der Waals surface area contributed by atoms with Crippen molar-refractivity contribution in [3.05, 3.63) is 0 Å². The molecule has 0 aromatic heterocycles. The van der Waals surface area contributed by atoms with Crippen LogP contribution in [0.2, 0.25) is 6.32 Å². The van der Waals surface area contributed by atoms with Crippen molar-refractivity contribution in [1.29, 1.82) is 0 Å². The van der Waals surface area contributed by atoms with E-state index in [1.54, 1.807) is 0 Å². The first-order valence-corrected chi connectivity index (χ1v) is 6.03. The second-order valence-corrected chi connectivity index (χ2v) is 4.76. The van der Waals surface area contributed by atoms with E-state index in [4.69, 9.17) is 7.85 Å². The topological polar surface area (TPSA) is 0 Å². The molecule has 0 amide bonds. The summed E-state index contributed by atoms with van der Waals surface area (Å²) in [4.78, 5) is 0. The standard InChI is InChI=1S/C12H23B/c1-11-5-4-7-12(9-8-11)6-2-3-10-13/h11-12H,2-10H2,1H3. The molecule has 0 N–H and O–H groups in total. The van der Waals surface area contributed by atoms with Crippen molar-refractivity contribution < 1.29 is 0 Å². The Kier molecular flexibility index (Phi) is 5.58. The lowest BCUT2D eigenvalue weighted by Crippen LogP contribution is -1.98. The zero-order chi connectivity index (χ0) is 9.52. The molecule has 2 unspecified atom stereocenters. The van der Waals surface area contributed by atoms with Crippen molar-refractivity contribution in [2.45, 2.75) is 64.6 Å². The fourth-order valence-corrected chi connectivity index (χ4v) is 2.43. The van der Waals surface area contributed by atoms with Crippen LogP contribution in [-0.4, -0.2) is 7.85 Å². The van der Waals surface area contributed by atoms with E-state index >= 15 is 0 Å². The third-order valence-corrected chi connectivity index (χ3v) is 3.44. The van der Waals surface area contributed by atoms with Crippen LogP contribution in [0.1, 0.15) is 58.3 Å². The molecule has 1 aliphatic rings. The van der Waals surface area contributed by atoms with Crippen LogP contribution in [0, 0.1) is 11.8 Å². The monoisotopic (exact) mass is 178 g/mol. The maximum atomic E-state index is 5.50. The summed E-state index contributed by atoms with van der Waals surface area (Å²) < 4.78 is 0. The van der Waals surface area contributed by atoms with Gasteiger partial charge in [0.2, 0.25) is 0 Å². The fraction of sp³-hybridized carbons (Fsp3) is 1.00. The molecule has 1 heteroatoms. The molecule has 1 saturated carbocycles. The molecular weight excluding hydrogens is 155 g/mol. The number of unbranched alkanes of at least 4 members (excludes halogenated alkanes) is 1. The lowest BCUT2D eigenvalue weighted by Gasteiger charge is -2.13. The Bertz CT molecular complexity index is 122. The maximum absolute atomic E-state index is 5.50. The molecule has 74 valence electrons. The first-order valence-electron chi connectivity index (χ1n) is 6.03. The van der Waals surface area contributed by atoms with Crippen molar-refractivity contribution in [3.63, 3.8) is 0 Å². The van der Waals surface area contributed by atoms with Crippen molar-refractivity contribution >= 4 is 7.85 Å². The van der Waals surface area contributed by atoms with E-state index in [-0.39, 0.29) is 0 Å². The molecule has 0 nitrogen and oxygen atoms in total. The van der Waals surface area contributed by atoms with Crippen LogP contribution in [0.3, 0.4) is 0 Å². The zero-order valence-electron chi connectivity index (χ0n) is 9.10. The van der Waals surface area contributed by atoms with Gasteiger partial charge in [-0.3, -0.25) is 0 Å². The molecule has 2 radical (unpaired) electrons. The van der Waals surface area contributed by atoms with Crippen LogP contribution in [0.5, 0.6) is 0 Å². The van der Waals surface area contributed by atoms with Crippen LogP contribution in [0.15, 0.2) is 0 Å². The minimum absolute atomic E-state index is 0.878. The largest absolute Gasteiger partial charge is 0.0887 e. The minimum Gasteiger partial charge on any atom is -0.0887 e. The Labute approximate surface area is 84.9 Å². The molecule has 1 rings (SSSR count). The molecule has 0 saturated heterocycles. The van der Waals surface area contributed by atoms with Gasteiger partial charge in [0.1, 0.15) is 0 Å². The van der Waals surface area contributed by atoms with Crippen molar-refractivity contribution in [1.82, 2.24) is 0 Å². The van der Waals surface area contributed by atoms with Gasteiger partial charge in [-0.15, -0.1) is 0 Å². The molecule has 0 aliphatic heterocycles. The normalized spacial score (nSPS) is 29.9. The van der Waals surface area contributed by atoms with Gasteiger partial charge in [-0.1, -0.05) is 64.6 Å². The van der Waals surface area contributed by atoms with E-state index in [2.05, 4.69) is 6.92 Å². The van der Waals surface area contributed by atoms with Gasteiger partial charge in [-0.05, 0) is 11.8 Å². The van der Waals surface area contributed by atoms with Gasteiger partial charge in [0.05, 0.1) is 7.85 Å². The second kappa shape index (κ2) is 6.51. The average molecular weight is 178 g/mol. The molecular formula is C12H23B. The summed E-state index contributed by atoms with van der Waals surface area (Å²) in [5.41, 5.74) is 0. The molecule has 0 heterocycles. The van der Waals surface area contributed by atoms with Gasteiger partial charge in [0.25, 0.3) is 0 Å². The van der Waals surface area contributed by atoms with Gasteiger partial charge in [-0.2, -0.15) is 0 Å². The van der Waals surface area contributed by atoms with E-state index in [1.165, 1.54) is 51.4 Å². The quantitative estimate of drug-likeness (QED) is 0.347. The second-order valence-electron chi connectivity index (χ2n) is 4.76. The molecule has 0 bridgehead atoms. The summed E-state index contributed by atoms with van der Waals surface area (Å²) >= 11 is 0. The third-order valence-electron chi connectivity index (χ3n) is 3.44. The van der Waals surface area contributed by atoms with Gasteiger partial charge in [0, 0.05) is 0 Å². The van der Waals surface area contributed by atoms with Crippen LogP contribution < -0.4 is 0 Å². The Hall–Kier alpha value is 0.0649. The summed E-state index contributed by atoms with van der Waals surface area (Å²) in [6.07, 6.45) is 12.3. The fourth-order valence-electron chi connectivity index (χ4n) is 2.43. The van der Waals surface area contributed by atoms with Crippen molar-refractivity contribution in [2.75, 3.05) is 0 Å².